The second-order valence-corrected chi connectivity index (χ2v) is 12.4. The average molecular weight is 370 g/mol. The molecule has 0 saturated carbocycles. The van der Waals surface area contributed by atoms with Crippen LogP contribution in [0, 0.1) is 11.8 Å². The third-order valence-electron chi connectivity index (χ3n) is 5.74. The van der Waals surface area contributed by atoms with E-state index in [1.807, 2.05) is 12.2 Å². The lowest BCUT2D eigenvalue weighted by Crippen LogP contribution is -2.80. The molecule has 1 aliphatic carbocycles. The zero-order valence-corrected chi connectivity index (χ0v) is 16.3. The molecular formula is C18H29NO5P+. The van der Waals surface area contributed by atoms with E-state index >= 15 is 0 Å². The molecule has 2 heterocycles. The van der Waals surface area contributed by atoms with E-state index in [0.29, 0.717) is 13.0 Å². The Hall–Kier alpha value is -0.970. The summed E-state index contributed by atoms with van der Waals surface area (Å²) in [6, 6.07) is 0. The lowest BCUT2D eigenvalue weighted by molar-refractivity contribution is -0.238. The zero-order chi connectivity index (χ0) is 18.5. The van der Waals surface area contributed by atoms with Crippen LogP contribution in [0.15, 0.2) is 12.2 Å². The summed E-state index contributed by atoms with van der Waals surface area (Å²) < 4.78 is 11.3. The minimum Gasteiger partial charge on any atom is -0.453 e. The van der Waals surface area contributed by atoms with Crippen molar-refractivity contribution < 1.29 is 24.0 Å². The molecule has 2 saturated heterocycles. The number of nitrogens with one attached hydrogen (secondary N) is 1. The Bertz CT molecular complexity index is 601. The number of hydrogen-bond donors (Lipinski definition) is 2. The summed E-state index contributed by atoms with van der Waals surface area (Å²) in [7, 11) is -1.40. The molecule has 25 heavy (non-hydrogen) atoms. The number of allylic oxidation sites excluding steroid dienone is 1. The number of aliphatic hydroxyl groups is 1. The van der Waals surface area contributed by atoms with Gasteiger partial charge in [-0.15, -0.1) is 0 Å². The van der Waals surface area contributed by atoms with E-state index in [4.69, 9.17) is 9.26 Å². The minimum atomic E-state index is -1.40. The highest BCUT2D eigenvalue weighted by atomic mass is 31.2. The maximum Gasteiger partial charge on any atom is 0.339 e. The van der Waals surface area contributed by atoms with Gasteiger partial charge in [0.25, 0.3) is 0 Å². The molecule has 6 nitrogen and oxygen atoms in total. The number of carbonyl (C=O) groups excluding carboxylic acids is 2. The molecule has 0 spiro atoms. The Balaban J connectivity index is 1.80. The van der Waals surface area contributed by atoms with E-state index in [-0.39, 0.29) is 11.8 Å². The summed E-state index contributed by atoms with van der Waals surface area (Å²) in [5.74, 6) is -1.40. The molecule has 0 aromatic rings. The number of fused-ring (bicyclic) bond motifs is 1. The van der Waals surface area contributed by atoms with Crippen molar-refractivity contribution in [1.29, 1.82) is 0 Å². The lowest BCUT2D eigenvalue weighted by atomic mass is 9.64. The first-order chi connectivity index (χ1) is 11.6. The Morgan fingerprint density at radius 2 is 2.16 bits per heavy atom. The van der Waals surface area contributed by atoms with Crippen molar-refractivity contribution in [3.8, 4) is 0 Å². The maximum atomic E-state index is 12.6. The van der Waals surface area contributed by atoms with Gasteiger partial charge in [0.05, 0.1) is 38.6 Å². The van der Waals surface area contributed by atoms with Crippen LogP contribution in [0.2, 0.25) is 0 Å². The van der Waals surface area contributed by atoms with Gasteiger partial charge in [-0.05, 0) is 32.6 Å². The van der Waals surface area contributed by atoms with E-state index in [0.717, 1.165) is 19.3 Å². The fourth-order valence-electron chi connectivity index (χ4n) is 4.32. The van der Waals surface area contributed by atoms with Gasteiger partial charge in [-0.1, -0.05) is 12.2 Å². The van der Waals surface area contributed by atoms with Crippen LogP contribution in [0.25, 0.3) is 0 Å². The molecule has 3 aliphatic rings. The van der Waals surface area contributed by atoms with Gasteiger partial charge in [0.2, 0.25) is 11.4 Å². The van der Waals surface area contributed by atoms with Crippen LogP contribution in [0.5, 0.6) is 0 Å². The maximum absolute atomic E-state index is 12.6. The van der Waals surface area contributed by atoms with Crippen molar-refractivity contribution in [2.75, 3.05) is 26.6 Å². The van der Waals surface area contributed by atoms with Crippen LogP contribution < -0.4 is 5.32 Å². The lowest BCUT2D eigenvalue weighted by Gasteiger charge is -2.54. The first-order valence-electron chi connectivity index (χ1n) is 8.98. The second-order valence-electron chi connectivity index (χ2n) is 8.33. The van der Waals surface area contributed by atoms with Gasteiger partial charge in [-0.2, -0.15) is 0 Å². The van der Waals surface area contributed by atoms with E-state index in [2.05, 4.69) is 25.3 Å². The quantitative estimate of drug-likeness (QED) is 0.423. The smallest absolute Gasteiger partial charge is 0.339 e. The molecule has 0 bridgehead atoms. The van der Waals surface area contributed by atoms with E-state index < -0.39 is 36.6 Å². The van der Waals surface area contributed by atoms with Crippen molar-refractivity contribution >= 4 is 19.4 Å². The van der Waals surface area contributed by atoms with Gasteiger partial charge in [-0.25, -0.2) is 9.32 Å². The van der Waals surface area contributed by atoms with Gasteiger partial charge in [0.1, 0.15) is 7.49 Å². The molecule has 2 fully saturated rings. The highest BCUT2D eigenvalue weighted by Crippen LogP contribution is 2.54. The third-order valence-corrected chi connectivity index (χ3v) is 6.69. The molecule has 2 N–H and O–H groups in total. The molecule has 2 aliphatic heterocycles. The summed E-state index contributed by atoms with van der Waals surface area (Å²) in [6.45, 7) is 8.40. The standard InChI is InChI=1S/C18H28NO5P/c1-17-13(10-11-23-25(2,3)4)15(21)19-18(17,16(22)24-17)14(20)12-8-6-5-7-9-12/h6,8,12-14,20H,5,7,9-11H2,1-4H3/p+1/t12-,13+,14+,17+,18+/m1/s1. The van der Waals surface area contributed by atoms with E-state index in [1.54, 1.807) is 6.92 Å². The summed E-state index contributed by atoms with van der Waals surface area (Å²) in [5, 5.41) is 13.8. The van der Waals surface area contributed by atoms with Crippen molar-refractivity contribution in [2.24, 2.45) is 11.8 Å². The van der Waals surface area contributed by atoms with Gasteiger partial charge in [0.15, 0.2) is 5.60 Å². The first kappa shape index (κ1) is 18.8. The number of hydrogen-bond acceptors (Lipinski definition) is 5. The molecule has 0 radical (unpaired) electrons. The number of carbonyl (C=O) groups is 2. The topological polar surface area (TPSA) is 84.9 Å². The van der Waals surface area contributed by atoms with Crippen molar-refractivity contribution in [3.63, 3.8) is 0 Å². The molecule has 3 rings (SSSR count). The third kappa shape index (κ3) is 2.92. The predicted octanol–water partition coefficient (Wildman–Crippen LogP) is 1.73. The van der Waals surface area contributed by atoms with E-state index in [1.165, 1.54) is 0 Å². The van der Waals surface area contributed by atoms with Crippen LogP contribution in [0.1, 0.15) is 32.6 Å². The Morgan fingerprint density at radius 3 is 2.72 bits per heavy atom. The van der Waals surface area contributed by atoms with Gasteiger partial charge in [-0.3, -0.25) is 4.79 Å². The monoisotopic (exact) mass is 370 g/mol. The molecule has 0 aromatic heterocycles. The van der Waals surface area contributed by atoms with Crippen LogP contribution in [-0.4, -0.2) is 60.8 Å². The highest BCUT2D eigenvalue weighted by molar-refractivity contribution is 7.69. The fourth-order valence-corrected chi connectivity index (χ4v) is 4.98. The fraction of sp³-hybridized carbons (Fsp3) is 0.778. The first-order valence-corrected chi connectivity index (χ1v) is 12.0. The van der Waals surface area contributed by atoms with Crippen LogP contribution in [-0.2, 0) is 18.8 Å². The summed E-state index contributed by atoms with van der Waals surface area (Å²) in [6.07, 6.45) is 6.26. The molecule has 7 heteroatoms. The predicted molar refractivity (Wildman–Crippen MR) is 96.6 cm³/mol. The Labute approximate surface area is 149 Å². The van der Waals surface area contributed by atoms with Crippen molar-refractivity contribution in [1.82, 2.24) is 5.32 Å². The normalized spacial score (nSPS) is 38.6. The largest absolute Gasteiger partial charge is 0.453 e. The van der Waals surface area contributed by atoms with Crippen molar-refractivity contribution in [2.45, 2.75) is 49.9 Å². The van der Waals surface area contributed by atoms with Gasteiger partial charge in [0, 0.05) is 5.92 Å². The summed E-state index contributed by atoms with van der Waals surface area (Å²) in [4.78, 5) is 25.0. The van der Waals surface area contributed by atoms with Crippen LogP contribution >= 0.6 is 7.49 Å². The summed E-state index contributed by atoms with van der Waals surface area (Å²) in [5.41, 5.74) is -2.36. The zero-order valence-electron chi connectivity index (χ0n) is 15.4. The SMILES string of the molecule is C[C@@]12OC(=O)[C@]1([C@@H](O)[C@@H]1C=CCCC1)NC(=O)[C@@H]2CCO[P+](C)(C)C. The molecular weight excluding hydrogens is 341 g/mol. The number of aliphatic hydroxyl groups excluding tert-OH is 1. The van der Waals surface area contributed by atoms with Gasteiger partial charge >= 0.3 is 5.97 Å². The second kappa shape index (κ2) is 6.33. The van der Waals surface area contributed by atoms with Crippen LogP contribution in [0.3, 0.4) is 0 Å². The Morgan fingerprint density at radius 1 is 1.44 bits per heavy atom. The summed E-state index contributed by atoms with van der Waals surface area (Å²) >= 11 is 0. The Kier molecular flexibility index (Phi) is 4.76. The van der Waals surface area contributed by atoms with Crippen molar-refractivity contribution in [3.05, 3.63) is 12.2 Å². The molecule has 5 atom stereocenters. The number of esters is 1. The highest BCUT2D eigenvalue weighted by Gasteiger charge is 2.79. The number of rotatable bonds is 6. The van der Waals surface area contributed by atoms with Crippen LogP contribution in [0.4, 0.5) is 0 Å². The number of ether oxygens (including phenoxy) is 1. The van der Waals surface area contributed by atoms with E-state index in [9.17, 15) is 14.7 Å². The molecule has 140 valence electrons. The molecule has 1 amide bonds. The molecule has 0 unspecified atom stereocenters. The average Bonchev–Trinajstić information content (AvgIpc) is 2.71. The van der Waals surface area contributed by atoms with Gasteiger partial charge < -0.3 is 15.2 Å². The molecule has 0 aromatic carbocycles. The number of amides is 1. The minimum absolute atomic E-state index is 0.142.